The van der Waals surface area contributed by atoms with Gasteiger partial charge in [-0.25, -0.2) is 4.98 Å². The van der Waals surface area contributed by atoms with E-state index in [0.29, 0.717) is 16.1 Å². The van der Waals surface area contributed by atoms with Crippen LogP contribution >= 0.6 is 33.9 Å². The number of hydrogen-bond donors (Lipinski definition) is 2. The van der Waals surface area contributed by atoms with Crippen LogP contribution in [0.25, 0.3) is 22.6 Å². The Hall–Kier alpha value is -3.13. The number of nitrogens with zero attached hydrogens (tertiary/aromatic N) is 3. The summed E-state index contributed by atoms with van der Waals surface area (Å²) in [5, 5.41) is 41.9. The van der Waals surface area contributed by atoms with E-state index in [1.165, 1.54) is 30.5 Å². The minimum absolute atomic E-state index is 0.107. The summed E-state index contributed by atoms with van der Waals surface area (Å²) >= 11 is 2.63. The molecule has 3 rings (SSSR count). The van der Waals surface area contributed by atoms with Crippen molar-refractivity contribution in [2.45, 2.75) is 0 Å². The Morgan fingerprint density at radius 2 is 1.82 bits per heavy atom. The number of rotatable bonds is 4. The van der Waals surface area contributed by atoms with E-state index in [4.69, 9.17) is 0 Å². The monoisotopic (exact) mass is 513 g/mol. The molecule has 12 heteroatoms. The molecule has 1 heterocycles. The van der Waals surface area contributed by atoms with Crippen LogP contribution in [0.4, 0.5) is 11.4 Å². The smallest absolute Gasteiger partial charge is 0.359 e. The minimum atomic E-state index is -0.898. The molecule has 28 heavy (non-hydrogen) atoms. The third kappa shape index (κ3) is 3.63. The summed E-state index contributed by atoms with van der Waals surface area (Å²) in [5.41, 5.74) is -1.39. The molecule has 0 saturated heterocycles. The Morgan fingerprint density at radius 1 is 1.11 bits per heavy atom. The van der Waals surface area contributed by atoms with Gasteiger partial charge < -0.3 is 10.2 Å². The third-order valence-corrected chi connectivity index (χ3v) is 5.52. The molecule has 0 bridgehead atoms. The molecular formula is C16H8IN3O7S. The standard InChI is InChI=1S/C16H8IN3O7S/c17-9-3-7(4-10(19(24)25)13(9)20(26)27)1-2-12-18-6-8-5-11(21)14(22)15(23)16(8)28-12/h1-6,21,23H/b2-1+. The molecule has 1 aliphatic heterocycles. The number of phenolic OH excluding ortho intramolecular Hbond substituents is 2. The number of nitro groups is 2. The van der Waals surface area contributed by atoms with Gasteiger partial charge in [0.2, 0.25) is 0 Å². The lowest BCUT2D eigenvalue weighted by atomic mass is 10.1. The summed E-state index contributed by atoms with van der Waals surface area (Å²) in [6.45, 7) is 0. The van der Waals surface area contributed by atoms with E-state index in [9.17, 15) is 35.2 Å². The molecule has 2 N–H and O–H groups in total. The average molecular weight is 513 g/mol. The van der Waals surface area contributed by atoms with Gasteiger partial charge in [-0.05, 0) is 46.4 Å². The number of aromatic hydroxyl groups is 2. The number of fused-ring (bicyclic) bond motifs is 1. The number of aromatic nitrogens is 1. The van der Waals surface area contributed by atoms with E-state index >= 15 is 0 Å². The SMILES string of the molecule is O=c1c(O)cc2cnc(/C=C/c3cc(I)c([N+](=O)[O-])c([N+](=O)[O-])c3)sc-2c1O. The third-order valence-electron chi connectivity index (χ3n) is 3.62. The van der Waals surface area contributed by atoms with Crippen LogP contribution in [0.2, 0.25) is 0 Å². The summed E-state index contributed by atoms with van der Waals surface area (Å²) in [6, 6.07) is 3.68. The van der Waals surface area contributed by atoms with Crippen molar-refractivity contribution >= 4 is 57.5 Å². The van der Waals surface area contributed by atoms with Crippen molar-refractivity contribution in [1.82, 2.24) is 4.98 Å². The minimum Gasteiger partial charge on any atom is -0.504 e. The predicted molar refractivity (Wildman–Crippen MR) is 110 cm³/mol. The molecule has 0 radical (unpaired) electrons. The summed E-state index contributed by atoms with van der Waals surface area (Å²) in [5.74, 6) is -1.19. The van der Waals surface area contributed by atoms with Gasteiger partial charge in [-0.2, -0.15) is 0 Å². The summed E-state index contributed by atoms with van der Waals surface area (Å²) in [4.78, 5) is 36.5. The van der Waals surface area contributed by atoms with Crippen LogP contribution in [0.3, 0.4) is 0 Å². The Kier molecular flexibility index (Phi) is 5.24. The van der Waals surface area contributed by atoms with Crippen LogP contribution in [-0.4, -0.2) is 25.0 Å². The zero-order valence-electron chi connectivity index (χ0n) is 13.5. The van der Waals surface area contributed by atoms with E-state index in [-0.39, 0.29) is 8.45 Å². The maximum absolute atomic E-state index is 11.6. The summed E-state index contributed by atoms with van der Waals surface area (Å²) in [7, 11) is 0. The van der Waals surface area contributed by atoms with Crippen LogP contribution in [0.15, 0.2) is 29.2 Å². The first kappa shape index (κ1) is 19.6. The normalized spacial score (nSPS) is 11.2. The maximum atomic E-state index is 11.6. The van der Waals surface area contributed by atoms with Gasteiger partial charge in [0.05, 0.1) is 18.3 Å². The summed E-state index contributed by atoms with van der Waals surface area (Å²) < 4.78 is 0.107. The highest BCUT2D eigenvalue weighted by Crippen LogP contribution is 2.36. The maximum Gasteiger partial charge on any atom is 0.359 e. The van der Waals surface area contributed by atoms with Crippen molar-refractivity contribution in [3.63, 3.8) is 0 Å². The Morgan fingerprint density at radius 3 is 2.46 bits per heavy atom. The highest BCUT2D eigenvalue weighted by Gasteiger charge is 2.28. The van der Waals surface area contributed by atoms with Gasteiger partial charge in [-0.15, -0.1) is 11.3 Å². The molecule has 0 fully saturated rings. The Labute approximate surface area is 173 Å². The van der Waals surface area contributed by atoms with E-state index in [1.54, 1.807) is 22.6 Å². The highest BCUT2D eigenvalue weighted by atomic mass is 127. The molecule has 0 aromatic heterocycles. The van der Waals surface area contributed by atoms with E-state index in [2.05, 4.69) is 4.98 Å². The predicted octanol–water partition coefficient (Wildman–Crippen LogP) is 3.61. The molecule has 0 atom stereocenters. The fourth-order valence-corrected chi connectivity index (χ4v) is 4.07. The van der Waals surface area contributed by atoms with Crippen molar-refractivity contribution < 1.29 is 20.1 Å². The lowest BCUT2D eigenvalue weighted by Crippen LogP contribution is -2.01. The van der Waals surface area contributed by atoms with Crippen LogP contribution in [-0.2, 0) is 0 Å². The molecule has 10 nitrogen and oxygen atoms in total. The van der Waals surface area contributed by atoms with Crippen molar-refractivity contribution in [1.29, 1.82) is 0 Å². The second-order valence-electron chi connectivity index (χ2n) is 5.41. The molecule has 1 aromatic rings. The van der Waals surface area contributed by atoms with E-state index < -0.39 is 38.1 Å². The van der Waals surface area contributed by atoms with Crippen LogP contribution < -0.4 is 5.43 Å². The Bertz CT molecular complexity index is 1190. The van der Waals surface area contributed by atoms with Crippen LogP contribution in [0.5, 0.6) is 11.5 Å². The van der Waals surface area contributed by atoms with Crippen molar-refractivity contribution in [2.24, 2.45) is 0 Å². The highest BCUT2D eigenvalue weighted by molar-refractivity contribution is 14.1. The number of halogens is 1. The van der Waals surface area contributed by atoms with Crippen LogP contribution in [0.1, 0.15) is 10.6 Å². The Balaban J connectivity index is 2.05. The van der Waals surface area contributed by atoms with Gasteiger partial charge in [0.1, 0.15) is 5.01 Å². The fraction of sp³-hybridized carbons (Fsp3) is 0. The molecule has 2 aliphatic rings. The quantitative estimate of drug-likeness (QED) is 0.304. The number of phenols is 2. The first-order valence-corrected chi connectivity index (χ1v) is 9.23. The van der Waals surface area contributed by atoms with Crippen LogP contribution in [0, 0.1) is 23.8 Å². The van der Waals surface area contributed by atoms with Gasteiger partial charge in [0.15, 0.2) is 11.5 Å². The van der Waals surface area contributed by atoms with Gasteiger partial charge in [0, 0.05) is 17.8 Å². The zero-order chi connectivity index (χ0) is 20.6. The van der Waals surface area contributed by atoms with Crippen molar-refractivity contribution in [2.75, 3.05) is 0 Å². The van der Waals surface area contributed by atoms with E-state index in [0.717, 1.165) is 17.4 Å². The zero-order valence-corrected chi connectivity index (χ0v) is 16.5. The van der Waals surface area contributed by atoms with Gasteiger partial charge >= 0.3 is 11.4 Å². The van der Waals surface area contributed by atoms with Crippen molar-refractivity contribution in [3.8, 4) is 21.9 Å². The molecule has 0 spiro atoms. The number of hydrogen-bond acceptors (Lipinski definition) is 9. The second-order valence-corrected chi connectivity index (χ2v) is 7.60. The topological polar surface area (TPSA) is 157 Å². The fourth-order valence-electron chi connectivity index (χ4n) is 2.37. The van der Waals surface area contributed by atoms with Gasteiger partial charge in [0.25, 0.3) is 5.43 Å². The summed E-state index contributed by atoms with van der Waals surface area (Å²) in [6.07, 6.45) is 4.31. The number of nitro benzene ring substituents is 2. The first-order chi connectivity index (χ1) is 13.2. The van der Waals surface area contributed by atoms with Crippen molar-refractivity contribution in [3.05, 3.63) is 69.0 Å². The first-order valence-electron chi connectivity index (χ1n) is 7.34. The molecule has 0 amide bonds. The molecule has 0 saturated carbocycles. The average Bonchev–Trinajstić information content (AvgIpc) is 2.64. The molecule has 1 aliphatic carbocycles. The van der Waals surface area contributed by atoms with Gasteiger partial charge in [-0.1, -0.05) is 6.08 Å². The number of benzene rings is 2. The molecule has 0 unspecified atom stereocenters. The molecule has 1 aromatic carbocycles. The largest absolute Gasteiger partial charge is 0.504 e. The molecular weight excluding hydrogens is 505 g/mol. The van der Waals surface area contributed by atoms with Gasteiger partial charge in [-0.3, -0.25) is 25.0 Å². The second kappa shape index (κ2) is 7.47. The lowest BCUT2D eigenvalue weighted by Gasteiger charge is -2.07. The lowest BCUT2D eigenvalue weighted by molar-refractivity contribution is -0.423. The molecule has 142 valence electrons. The van der Waals surface area contributed by atoms with E-state index in [1.807, 2.05) is 0 Å².